The molecule has 0 aliphatic carbocycles. The van der Waals surface area contributed by atoms with Crippen LogP contribution in [0.1, 0.15) is 62.3 Å². The molecule has 1 aliphatic rings. The van der Waals surface area contributed by atoms with E-state index in [0.717, 1.165) is 62.3 Å². The molecule has 2 aromatic rings. The van der Waals surface area contributed by atoms with Crippen LogP contribution in [0.2, 0.25) is 18.1 Å². The topological polar surface area (TPSA) is 96.4 Å². The van der Waals surface area contributed by atoms with Crippen LogP contribution in [0.4, 0.5) is 5.82 Å². The van der Waals surface area contributed by atoms with E-state index in [1.807, 2.05) is 32.2 Å². The molecule has 0 amide bonds. The van der Waals surface area contributed by atoms with E-state index in [1.54, 1.807) is 11.8 Å². The van der Waals surface area contributed by atoms with E-state index in [-0.39, 0.29) is 5.04 Å². The van der Waals surface area contributed by atoms with Crippen molar-refractivity contribution >= 4 is 25.9 Å². The Bertz CT molecular complexity index is 1200. The molecule has 9 heteroatoms. The highest BCUT2D eigenvalue weighted by Crippen LogP contribution is 2.39. The van der Waals surface area contributed by atoms with Gasteiger partial charge in [-0.05, 0) is 80.7 Å². The van der Waals surface area contributed by atoms with E-state index in [1.165, 1.54) is 0 Å². The third kappa shape index (κ3) is 7.99. The van der Waals surface area contributed by atoms with E-state index in [0.29, 0.717) is 40.8 Å². The average Bonchev–Trinajstić information content (AvgIpc) is 3.13. The molecule has 0 spiro atoms. The second-order valence-electron chi connectivity index (χ2n) is 11.5. The molecule has 7 nitrogen and oxygen atoms in total. The molecule has 1 aromatic heterocycles. The summed E-state index contributed by atoms with van der Waals surface area (Å²) in [5.41, 5.74) is 2.97. The van der Waals surface area contributed by atoms with Gasteiger partial charge in [0.1, 0.15) is 28.7 Å². The molecule has 2 heterocycles. The number of nitrogens with zero attached hydrogens (tertiary/aromatic N) is 5. The predicted molar refractivity (Wildman–Crippen MR) is 162 cm³/mol. The Balaban J connectivity index is 1.69. The van der Waals surface area contributed by atoms with E-state index >= 15 is 0 Å². The molecule has 1 N–H and O–H groups in total. The summed E-state index contributed by atoms with van der Waals surface area (Å²) in [5, 5.41) is 20.7. The molecule has 0 bridgehead atoms. The molecular weight excluding hydrogens is 523 g/mol. The highest BCUT2D eigenvalue weighted by molar-refractivity contribution is 7.98. The Morgan fingerprint density at radius 2 is 1.77 bits per heavy atom. The second kappa shape index (κ2) is 13.7. The van der Waals surface area contributed by atoms with E-state index in [2.05, 4.69) is 55.0 Å². The van der Waals surface area contributed by atoms with Crippen molar-refractivity contribution in [2.75, 3.05) is 44.7 Å². The van der Waals surface area contributed by atoms with Crippen molar-refractivity contribution in [3.63, 3.8) is 0 Å². The minimum absolute atomic E-state index is 0.0414. The number of hydrogen-bond donors (Lipinski definition) is 1. The van der Waals surface area contributed by atoms with Crippen molar-refractivity contribution in [2.24, 2.45) is 0 Å². The van der Waals surface area contributed by atoms with Gasteiger partial charge in [-0.1, -0.05) is 32.9 Å². The van der Waals surface area contributed by atoms with Gasteiger partial charge in [-0.25, -0.2) is 4.98 Å². The zero-order valence-corrected chi connectivity index (χ0v) is 26.2. The molecule has 0 radical (unpaired) electrons. The van der Waals surface area contributed by atoms with Crippen molar-refractivity contribution in [1.82, 2.24) is 9.88 Å². The third-order valence-corrected chi connectivity index (χ3v) is 12.6. The lowest BCUT2D eigenvalue weighted by molar-refractivity contribution is 0.294. The van der Waals surface area contributed by atoms with Crippen LogP contribution in [0.5, 0.6) is 5.75 Å². The molecule has 1 saturated heterocycles. The van der Waals surface area contributed by atoms with Gasteiger partial charge in [-0.15, -0.1) is 11.8 Å². The molecule has 3 rings (SSSR count). The fourth-order valence-electron chi connectivity index (χ4n) is 4.62. The first-order valence-corrected chi connectivity index (χ1v) is 17.8. The van der Waals surface area contributed by atoms with Gasteiger partial charge >= 0.3 is 0 Å². The van der Waals surface area contributed by atoms with Crippen molar-refractivity contribution < 1.29 is 9.53 Å². The van der Waals surface area contributed by atoms with Crippen LogP contribution < -0.4 is 9.64 Å². The van der Waals surface area contributed by atoms with Gasteiger partial charge in [0.2, 0.25) is 0 Å². The number of benzene rings is 1. The molecule has 210 valence electrons. The van der Waals surface area contributed by atoms with Crippen molar-refractivity contribution in [3.8, 4) is 17.9 Å². The molecule has 1 fully saturated rings. The smallest absolute Gasteiger partial charge is 0.188 e. The molecule has 39 heavy (non-hydrogen) atoms. The molecule has 0 unspecified atom stereocenters. The van der Waals surface area contributed by atoms with Gasteiger partial charge < -0.3 is 19.3 Å². The van der Waals surface area contributed by atoms with Crippen LogP contribution in [-0.4, -0.2) is 62.8 Å². The molecule has 0 saturated carbocycles. The summed E-state index contributed by atoms with van der Waals surface area (Å²) < 4.78 is 5.96. The predicted octanol–water partition coefficient (Wildman–Crippen LogP) is 5.96. The minimum Gasteiger partial charge on any atom is -0.494 e. The molecule has 0 atom stereocenters. The number of likely N-dealkylation sites (N-methyl/N-ethyl adjacent to an activating group) is 1. The maximum Gasteiger partial charge on any atom is 0.188 e. The number of anilines is 1. The van der Waals surface area contributed by atoms with E-state index in [4.69, 9.17) is 9.72 Å². The summed E-state index contributed by atoms with van der Waals surface area (Å²) in [6.45, 7) is 14.5. The summed E-state index contributed by atoms with van der Waals surface area (Å²) >= 11 is 1.55. The number of aromatic nitrogens is 1. The minimum atomic E-state index is -2.20. The van der Waals surface area contributed by atoms with Crippen LogP contribution in [0.15, 0.2) is 29.3 Å². The van der Waals surface area contributed by atoms with Crippen LogP contribution >= 0.6 is 11.8 Å². The average molecular weight is 566 g/mol. The largest absolute Gasteiger partial charge is 0.494 e. The quantitative estimate of drug-likeness (QED) is 0.203. The first kappa shape index (κ1) is 31.0. The lowest BCUT2D eigenvalue weighted by Crippen LogP contribution is -2.39. The Morgan fingerprint density at radius 1 is 1.08 bits per heavy atom. The number of hydrogen-bond acceptors (Lipinski definition) is 8. The SMILES string of the molecule is CCc1c(C#N)c(SCc2ccc(OCCCC(C)(C)[Si](C)(C)O)cc2)nc(N2CCCN(C)CC2)c1C#N. The Labute approximate surface area is 239 Å². The van der Waals surface area contributed by atoms with Crippen LogP contribution in [0.3, 0.4) is 0 Å². The molecule has 1 aromatic carbocycles. The summed E-state index contributed by atoms with van der Waals surface area (Å²) in [6, 6.07) is 12.8. The van der Waals surface area contributed by atoms with Crippen molar-refractivity contribution in [1.29, 1.82) is 10.5 Å². The normalized spacial score (nSPS) is 14.9. The second-order valence-corrected chi connectivity index (χ2v) is 17.0. The van der Waals surface area contributed by atoms with Gasteiger partial charge in [0.25, 0.3) is 0 Å². The Hall–Kier alpha value is -2.56. The monoisotopic (exact) mass is 565 g/mol. The number of pyridine rings is 1. The van der Waals surface area contributed by atoms with Gasteiger partial charge in [-0.3, -0.25) is 0 Å². The highest BCUT2D eigenvalue weighted by atomic mass is 32.2. The number of nitriles is 2. The van der Waals surface area contributed by atoms with Gasteiger partial charge in [0.05, 0.1) is 17.7 Å². The summed E-state index contributed by atoms with van der Waals surface area (Å²) in [4.78, 5) is 19.9. The van der Waals surface area contributed by atoms with Crippen molar-refractivity contribution in [2.45, 2.75) is 75.4 Å². The van der Waals surface area contributed by atoms with Gasteiger partial charge in [0, 0.05) is 25.4 Å². The van der Waals surface area contributed by atoms with E-state index < -0.39 is 8.32 Å². The van der Waals surface area contributed by atoms with Crippen LogP contribution in [0, 0.1) is 22.7 Å². The number of rotatable bonds is 11. The van der Waals surface area contributed by atoms with E-state index in [9.17, 15) is 15.3 Å². The van der Waals surface area contributed by atoms with Crippen LogP contribution in [0.25, 0.3) is 0 Å². The van der Waals surface area contributed by atoms with Crippen molar-refractivity contribution in [3.05, 3.63) is 46.5 Å². The fourth-order valence-corrected chi connectivity index (χ4v) is 6.37. The first-order valence-electron chi connectivity index (χ1n) is 13.9. The third-order valence-electron chi connectivity index (χ3n) is 8.01. The maximum absolute atomic E-state index is 10.5. The summed E-state index contributed by atoms with van der Waals surface area (Å²) in [6.07, 6.45) is 3.47. The number of ether oxygens (including phenoxy) is 1. The fraction of sp³-hybridized carbons (Fsp3) is 0.567. The maximum atomic E-state index is 10.5. The lowest BCUT2D eigenvalue weighted by Gasteiger charge is -2.35. The molecule has 1 aliphatic heterocycles. The summed E-state index contributed by atoms with van der Waals surface area (Å²) in [7, 11) is -0.0786. The van der Waals surface area contributed by atoms with Gasteiger partial charge in [-0.2, -0.15) is 10.5 Å². The highest BCUT2D eigenvalue weighted by Gasteiger charge is 2.37. The van der Waals surface area contributed by atoms with Crippen LogP contribution in [-0.2, 0) is 12.2 Å². The molecular formula is C30H43N5O2SSi. The first-order chi connectivity index (χ1) is 18.5. The Kier molecular flexibility index (Phi) is 10.9. The number of thioether (sulfide) groups is 1. The summed E-state index contributed by atoms with van der Waals surface area (Å²) in [5.74, 6) is 2.21. The Morgan fingerprint density at radius 3 is 2.38 bits per heavy atom. The van der Waals surface area contributed by atoms with Gasteiger partial charge in [0.15, 0.2) is 8.32 Å². The zero-order chi connectivity index (χ0) is 28.6. The zero-order valence-electron chi connectivity index (χ0n) is 24.4. The standard InChI is InChI=1S/C30H43N5O2SSi/c1-7-25-26(20-31)28(35-16-9-15-34(4)17-18-35)33-29(27(25)21-32)38-22-23-10-12-24(13-11-23)37-19-8-14-30(2,3)39(5,6)36/h10-13,36H,7-9,14-19,22H2,1-6H3. The lowest BCUT2D eigenvalue weighted by atomic mass is 10.0.